The molecule has 0 saturated carbocycles. The Labute approximate surface area is 174 Å². The van der Waals surface area contributed by atoms with Crippen molar-refractivity contribution in [1.29, 1.82) is 0 Å². The van der Waals surface area contributed by atoms with Gasteiger partial charge in [0.2, 0.25) is 17.8 Å². The topological polar surface area (TPSA) is 113 Å². The van der Waals surface area contributed by atoms with Crippen LogP contribution in [-0.4, -0.2) is 40.9 Å². The second-order valence-electron chi connectivity index (χ2n) is 7.11. The Kier molecular flexibility index (Phi) is 6.53. The zero-order valence-corrected chi connectivity index (χ0v) is 17.3. The molecule has 9 heteroatoms. The fourth-order valence-corrected chi connectivity index (χ4v) is 3.52. The molecule has 2 amide bonds. The molecule has 1 unspecified atom stereocenters. The summed E-state index contributed by atoms with van der Waals surface area (Å²) in [6.07, 6.45) is 2.62. The van der Waals surface area contributed by atoms with Crippen molar-refractivity contribution in [1.82, 2.24) is 15.3 Å². The highest BCUT2D eigenvalue weighted by molar-refractivity contribution is 6.33. The molecule has 3 rings (SSSR count). The van der Waals surface area contributed by atoms with E-state index < -0.39 is 5.91 Å². The van der Waals surface area contributed by atoms with Crippen LogP contribution in [0.2, 0.25) is 5.02 Å². The molecule has 1 aliphatic rings. The molecule has 0 aliphatic carbocycles. The third kappa shape index (κ3) is 5.35. The molecule has 2 aromatic rings. The number of hydrogen-bond acceptors (Lipinski definition) is 6. The molecule has 154 valence electrons. The lowest BCUT2D eigenvalue weighted by molar-refractivity contribution is -0.119. The second kappa shape index (κ2) is 9.09. The van der Waals surface area contributed by atoms with Gasteiger partial charge in [-0.05, 0) is 31.0 Å². The number of carbonyl (C=O) groups excluding carboxylic acids is 2. The van der Waals surface area contributed by atoms with Gasteiger partial charge in [0.1, 0.15) is 5.82 Å². The van der Waals surface area contributed by atoms with Crippen molar-refractivity contribution in [3.8, 4) is 0 Å². The highest BCUT2D eigenvalue weighted by Crippen LogP contribution is 2.27. The van der Waals surface area contributed by atoms with Crippen molar-refractivity contribution in [3.63, 3.8) is 0 Å². The molecule has 1 fully saturated rings. The van der Waals surface area contributed by atoms with E-state index in [4.69, 9.17) is 17.3 Å². The molecule has 1 aliphatic heterocycles. The quantitative estimate of drug-likeness (QED) is 0.639. The van der Waals surface area contributed by atoms with Crippen molar-refractivity contribution in [3.05, 3.63) is 40.5 Å². The first kappa shape index (κ1) is 20.9. The molecule has 0 bridgehead atoms. The van der Waals surface area contributed by atoms with Crippen molar-refractivity contribution in [2.45, 2.75) is 39.2 Å². The molecular weight excluding hydrogens is 392 g/mol. The fourth-order valence-electron chi connectivity index (χ4n) is 3.35. The van der Waals surface area contributed by atoms with Crippen LogP contribution in [0.15, 0.2) is 24.3 Å². The molecule has 1 aromatic heterocycles. The summed E-state index contributed by atoms with van der Waals surface area (Å²) in [7, 11) is 0. The molecule has 2 heterocycles. The minimum atomic E-state index is -0.535. The van der Waals surface area contributed by atoms with Crippen LogP contribution < -0.4 is 21.3 Å². The first-order chi connectivity index (χ1) is 13.9. The van der Waals surface area contributed by atoms with Gasteiger partial charge in [-0.1, -0.05) is 24.9 Å². The van der Waals surface area contributed by atoms with Crippen LogP contribution in [0.3, 0.4) is 0 Å². The summed E-state index contributed by atoms with van der Waals surface area (Å²) in [6.45, 7) is 5.10. The Balaban J connectivity index is 1.87. The maximum Gasteiger partial charge on any atom is 0.248 e. The minimum absolute atomic E-state index is 0.0301. The van der Waals surface area contributed by atoms with E-state index in [-0.39, 0.29) is 11.9 Å². The fraction of sp³-hybridized carbons (Fsp3) is 0.400. The smallest absolute Gasteiger partial charge is 0.248 e. The molecule has 4 N–H and O–H groups in total. The van der Waals surface area contributed by atoms with E-state index in [0.717, 1.165) is 37.3 Å². The summed E-state index contributed by atoms with van der Waals surface area (Å²) in [5.41, 5.74) is 7.13. The lowest BCUT2D eigenvalue weighted by atomic mass is 10.2. The van der Waals surface area contributed by atoms with Crippen LogP contribution in [0.25, 0.3) is 0 Å². The van der Waals surface area contributed by atoms with Gasteiger partial charge >= 0.3 is 0 Å². The van der Waals surface area contributed by atoms with Gasteiger partial charge in [-0.3, -0.25) is 9.59 Å². The highest BCUT2D eigenvalue weighted by Gasteiger charge is 2.25. The van der Waals surface area contributed by atoms with Gasteiger partial charge in [-0.2, -0.15) is 4.98 Å². The number of primary amides is 1. The molecule has 29 heavy (non-hydrogen) atoms. The van der Waals surface area contributed by atoms with Gasteiger partial charge in [0, 0.05) is 43.4 Å². The summed E-state index contributed by atoms with van der Waals surface area (Å²) in [5, 5.41) is 6.51. The normalized spacial score (nSPS) is 16.0. The van der Waals surface area contributed by atoms with E-state index in [0.29, 0.717) is 28.8 Å². The average molecular weight is 417 g/mol. The van der Waals surface area contributed by atoms with Crippen LogP contribution in [-0.2, 0) is 11.2 Å². The van der Waals surface area contributed by atoms with Crippen molar-refractivity contribution < 1.29 is 9.59 Å². The van der Waals surface area contributed by atoms with Gasteiger partial charge < -0.3 is 21.3 Å². The number of hydrogen-bond donors (Lipinski definition) is 3. The zero-order valence-electron chi connectivity index (χ0n) is 16.5. The van der Waals surface area contributed by atoms with Gasteiger partial charge in [-0.15, -0.1) is 0 Å². The zero-order chi connectivity index (χ0) is 21.0. The third-order valence-corrected chi connectivity index (χ3v) is 5.02. The van der Waals surface area contributed by atoms with Crippen molar-refractivity contribution >= 4 is 40.9 Å². The standard InChI is InChI=1S/C20H25ClN6O2/c1-3-4-14-10-18(27-8-7-15(11-27)23-12(2)28)26-20(24-14)25-17-9-13(19(22)29)5-6-16(17)21/h5-6,9-10,15H,3-4,7-8,11H2,1-2H3,(H2,22,29)(H,23,28)(H,24,25,26). The number of nitrogens with two attached hydrogens (primary N) is 1. The first-order valence-corrected chi connectivity index (χ1v) is 10.00. The Morgan fingerprint density at radius 3 is 2.79 bits per heavy atom. The number of carbonyl (C=O) groups is 2. The number of amides is 2. The number of nitrogens with zero attached hydrogens (tertiary/aromatic N) is 3. The Morgan fingerprint density at radius 1 is 1.31 bits per heavy atom. The van der Waals surface area contributed by atoms with Gasteiger partial charge in [0.05, 0.1) is 10.7 Å². The summed E-state index contributed by atoms with van der Waals surface area (Å²) in [6, 6.07) is 6.85. The summed E-state index contributed by atoms with van der Waals surface area (Å²) in [4.78, 5) is 34.2. The van der Waals surface area contributed by atoms with Gasteiger partial charge in [-0.25, -0.2) is 4.98 Å². The van der Waals surface area contributed by atoms with Crippen LogP contribution in [0, 0.1) is 0 Å². The van der Waals surface area contributed by atoms with E-state index in [1.165, 1.54) is 6.92 Å². The molecular formula is C20H25ClN6O2. The monoisotopic (exact) mass is 416 g/mol. The highest BCUT2D eigenvalue weighted by atomic mass is 35.5. The summed E-state index contributed by atoms with van der Waals surface area (Å²) in [5.74, 6) is 0.628. The number of aromatic nitrogens is 2. The van der Waals surface area contributed by atoms with E-state index in [2.05, 4.69) is 32.4 Å². The number of nitrogens with one attached hydrogen (secondary N) is 2. The number of anilines is 3. The average Bonchev–Trinajstić information content (AvgIpc) is 3.11. The Hall–Kier alpha value is -2.87. The minimum Gasteiger partial charge on any atom is -0.366 e. The molecule has 0 spiro atoms. The maximum atomic E-state index is 11.5. The Bertz CT molecular complexity index is 920. The van der Waals surface area contributed by atoms with Gasteiger partial charge in [0.25, 0.3) is 0 Å². The lowest BCUT2D eigenvalue weighted by Crippen LogP contribution is -2.35. The van der Waals surface area contributed by atoms with E-state index >= 15 is 0 Å². The molecule has 1 saturated heterocycles. The van der Waals surface area contributed by atoms with Crippen molar-refractivity contribution in [2.24, 2.45) is 5.73 Å². The first-order valence-electron chi connectivity index (χ1n) is 9.62. The van der Waals surface area contributed by atoms with Gasteiger partial charge in [0.15, 0.2) is 0 Å². The molecule has 1 atom stereocenters. The second-order valence-corrected chi connectivity index (χ2v) is 7.51. The van der Waals surface area contributed by atoms with Crippen LogP contribution in [0.5, 0.6) is 0 Å². The Morgan fingerprint density at radius 2 is 2.10 bits per heavy atom. The maximum absolute atomic E-state index is 11.5. The van der Waals surface area contributed by atoms with E-state index in [1.54, 1.807) is 18.2 Å². The largest absolute Gasteiger partial charge is 0.366 e. The third-order valence-electron chi connectivity index (χ3n) is 4.69. The van der Waals surface area contributed by atoms with Crippen LogP contribution in [0.4, 0.5) is 17.5 Å². The predicted molar refractivity (Wildman–Crippen MR) is 114 cm³/mol. The number of benzene rings is 1. The summed E-state index contributed by atoms with van der Waals surface area (Å²) < 4.78 is 0. The summed E-state index contributed by atoms with van der Waals surface area (Å²) >= 11 is 6.27. The van der Waals surface area contributed by atoms with Crippen molar-refractivity contribution in [2.75, 3.05) is 23.3 Å². The lowest BCUT2D eigenvalue weighted by Gasteiger charge is -2.20. The SMILES string of the molecule is CCCc1cc(N2CCC(NC(C)=O)C2)nc(Nc2cc(C(N)=O)ccc2Cl)n1. The molecule has 8 nitrogen and oxygen atoms in total. The van der Waals surface area contributed by atoms with Crippen LogP contribution >= 0.6 is 11.6 Å². The number of aryl methyl sites for hydroxylation is 1. The van der Waals surface area contributed by atoms with E-state index in [9.17, 15) is 9.59 Å². The molecule has 1 aromatic carbocycles. The van der Waals surface area contributed by atoms with E-state index in [1.807, 2.05) is 6.07 Å². The number of halogens is 1. The number of rotatable bonds is 7. The van der Waals surface area contributed by atoms with Crippen LogP contribution in [0.1, 0.15) is 42.7 Å². The predicted octanol–water partition coefficient (Wildman–Crippen LogP) is 2.64. The molecule has 0 radical (unpaired) electrons.